The van der Waals surface area contributed by atoms with Crippen molar-refractivity contribution in [3.63, 3.8) is 0 Å². The summed E-state index contributed by atoms with van der Waals surface area (Å²) in [5, 5.41) is 0. The van der Waals surface area contributed by atoms with E-state index in [0.717, 1.165) is 36.1 Å². The van der Waals surface area contributed by atoms with Gasteiger partial charge in [0.15, 0.2) is 0 Å². The van der Waals surface area contributed by atoms with Gasteiger partial charge in [0, 0.05) is 51.0 Å². The number of ether oxygens (including phenoxy) is 1. The normalized spacial score (nSPS) is 17.5. The van der Waals surface area contributed by atoms with E-state index in [2.05, 4.69) is 14.8 Å². The second-order valence-electron chi connectivity index (χ2n) is 7.44. The summed E-state index contributed by atoms with van der Waals surface area (Å²) < 4.78 is 18.5. The molecule has 154 valence electrons. The number of aryl methyl sites for hydroxylation is 1. The Balaban J connectivity index is 1.37. The van der Waals surface area contributed by atoms with Crippen LogP contribution < -0.4 is 9.80 Å². The van der Waals surface area contributed by atoms with Gasteiger partial charge in [-0.1, -0.05) is 12.1 Å². The maximum Gasteiger partial charge on any atom is 0.227 e. The number of benzene rings is 1. The standard InChI is InChI=1S/C21H26FN5O2/c1-16-14-19(25-10-12-29-13-11-25)24-21(23-16)27-8-6-26(7-9-27)20(28)15-17-2-4-18(22)5-3-17/h2-5,14H,6-13,15H2,1H3. The van der Waals surface area contributed by atoms with E-state index in [1.165, 1.54) is 12.1 Å². The second-order valence-corrected chi connectivity index (χ2v) is 7.44. The van der Waals surface area contributed by atoms with Gasteiger partial charge in [0.2, 0.25) is 11.9 Å². The smallest absolute Gasteiger partial charge is 0.227 e. The van der Waals surface area contributed by atoms with E-state index in [9.17, 15) is 9.18 Å². The van der Waals surface area contributed by atoms with Crippen LogP contribution in [0.1, 0.15) is 11.3 Å². The van der Waals surface area contributed by atoms with Crippen molar-refractivity contribution in [2.45, 2.75) is 13.3 Å². The molecule has 2 aromatic rings. The molecule has 29 heavy (non-hydrogen) atoms. The maximum atomic E-state index is 13.0. The first kappa shape index (κ1) is 19.6. The summed E-state index contributed by atoms with van der Waals surface area (Å²) in [6.45, 7) is 7.73. The Kier molecular flexibility index (Phi) is 5.89. The molecule has 0 bridgehead atoms. The number of carbonyl (C=O) groups excluding carboxylic acids is 1. The summed E-state index contributed by atoms with van der Waals surface area (Å²) in [5.74, 6) is 1.43. The lowest BCUT2D eigenvalue weighted by molar-refractivity contribution is -0.130. The van der Waals surface area contributed by atoms with Crippen molar-refractivity contribution in [3.8, 4) is 0 Å². The number of halogens is 1. The van der Waals surface area contributed by atoms with Crippen LogP contribution in [0.2, 0.25) is 0 Å². The van der Waals surface area contributed by atoms with Gasteiger partial charge in [0.25, 0.3) is 0 Å². The fourth-order valence-corrected chi connectivity index (χ4v) is 3.68. The fourth-order valence-electron chi connectivity index (χ4n) is 3.68. The summed E-state index contributed by atoms with van der Waals surface area (Å²) in [4.78, 5) is 28.2. The first-order valence-corrected chi connectivity index (χ1v) is 10.0. The van der Waals surface area contributed by atoms with Crippen molar-refractivity contribution in [2.24, 2.45) is 0 Å². The van der Waals surface area contributed by atoms with E-state index in [1.807, 2.05) is 17.9 Å². The van der Waals surface area contributed by atoms with Crippen LogP contribution in [-0.4, -0.2) is 73.3 Å². The van der Waals surface area contributed by atoms with Crippen LogP contribution in [0.5, 0.6) is 0 Å². The fraction of sp³-hybridized carbons (Fsp3) is 0.476. The zero-order valence-corrected chi connectivity index (χ0v) is 16.7. The SMILES string of the molecule is Cc1cc(N2CCOCC2)nc(N2CCN(C(=O)Cc3ccc(F)cc3)CC2)n1. The Labute approximate surface area is 170 Å². The van der Waals surface area contributed by atoms with Crippen LogP contribution in [0, 0.1) is 12.7 Å². The highest BCUT2D eigenvalue weighted by atomic mass is 19.1. The van der Waals surface area contributed by atoms with Gasteiger partial charge in [-0.25, -0.2) is 9.37 Å². The Morgan fingerprint density at radius 3 is 2.38 bits per heavy atom. The van der Waals surface area contributed by atoms with Gasteiger partial charge in [-0.15, -0.1) is 0 Å². The first-order valence-electron chi connectivity index (χ1n) is 10.0. The first-order chi connectivity index (χ1) is 14.1. The van der Waals surface area contributed by atoms with Crippen molar-refractivity contribution in [2.75, 3.05) is 62.3 Å². The summed E-state index contributed by atoms with van der Waals surface area (Å²) in [6, 6.07) is 8.12. The number of piperazine rings is 1. The van der Waals surface area contributed by atoms with Gasteiger partial charge in [-0.2, -0.15) is 4.98 Å². The summed E-state index contributed by atoms with van der Waals surface area (Å²) >= 11 is 0. The third-order valence-corrected chi connectivity index (χ3v) is 5.35. The number of morpholine rings is 1. The van der Waals surface area contributed by atoms with E-state index in [4.69, 9.17) is 9.72 Å². The van der Waals surface area contributed by atoms with Gasteiger partial charge < -0.3 is 19.4 Å². The predicted octanol–water partition coefficient (Wildman–Crippen LogP) is 1.65. The third kappa shape index (κ3) is 4.82. The van der Waals surface area contributed by atoms with Gasteiger partial charge in [0.1, 0.15) is 11.6 Å². The molecular formula is C21H26FN5O2. The molecule has 0 saturated carbocycles. The van der Waals surface area contributed by atoms with Crippen molar-refractivity contribution in [1.29, 1.82) is 0 Å². The molecule has 4 rings (SSSR count). The number of hydrogen-bond acceptors (Lipinski definition) is 6. The number of rotatable bonds is 4. The zero-order valence-electron chi connectivity index (χ0n) is 16.7. The molecule has 0 radical (unpaired) electrons. The molecule has 0 atom stereocenters. The molecular weight excluding hydrogens is 373 g/mol. The number of hydrogen-bond donors (Lipinski definition) is 0. The molecule has 2 saturated heterocycles. The van der Waals surface area contributed by atoms with Crippen molar-refractivity contribution in [3.05, 3.63) is 47.4 Å². The van der Waals surface area contributed by atoms with Gasteiger partial charge in [0.05, 0.1) is 19.6 Å². The molecule has 2 aliphatic rings. The largest absolute Gasteiger partial charge is 0.378 e. The lowest BCUT2D eigenvalue weighted by Crippen LogP contribution is -2.49. The highest BCUT2D eigenvalue weighted by molar-refractivity contribution is 5.79. The van der Waals surface area contributed by atoms with E-state index in [-0.39, 0.29) is 11.7 Å². The van der Waals surface area contributed by atoms with Crippen molar-refractivity contribution in [1.82, 2.24) is 14.9 Å². The van der Waals surface area contributed by atoms with Crippen LogP contribution in [0.4, 0.5) is 16.2 Å². The average molecular weight is 399 g/mol. The Morgan fingerprint density at radius 1 is 1.00 bits per heavy atom. The molecule has 2 fully saturated rings. The lowest BCUT2D eigenvalue weighted by Gasteiger charge is -2.35. The Hall–Kier alpha value is -2.74. The van der Waals surface area contributed by atoms with Gasteiger partial charge >= 0.3 is 0 Å². The number of carbonyl (C=O) groups is 1. The molecule has 0 aliphatic carbocycles. The molecule has 0 unspecified atom stereocenters. The minimum absolute atomic E-state index is 0.0652. The monoisotopic (exact) mass is 399 g/mol. The molecule has 7 nitrogen and oxygen atoms in total. The minimum atomic E-state index is -0.288. The van der Waals surface area contributed by atoms with Gasteiger partial charge in [-0.05, 0) is 24.6 Å². The Bertz CT molecular complexity index is 847. The number of anilines is 2. The lowest BCUT2D eigenvalue weighted by atomic mass is 10.1. The third-order valence-electron chi connectivity index (χ3n) is 5.35. The highest BCUT2D eigenvalue weighted by Crippen LogP contribution is 2.20. The molecule has 0 spiro atoms. The van der Waals surface area contributed by atoms with E-state index >= 15 is 0 Å². The van der Waals surface area contributed by atoms with E-state index < -0.39 is 0 Å². The highest BCUT2D eigenvalue weighted by Gasteiger charge is 2.24. The summed E-state index contributed by atoms with van der Waals surface area (Å²) in [7, 11) is 0. The number of nitrogens with zero attached hydrogens (tertiary/aromatic N) is 5. The topological polar surface area (TPSA) is 61.8 Å². The average Bonchev–Trinajstić information content (AvgIpc) is 2.75. The molecule has 1 aromatic carbocycles. The molecule has 1 aromatic heterocycles. The van der Waals surface area contributed by atoms with Gasteiger partial charge in [-0.3, -0.25) is 4.79 Å². The van der Waals surface area contributed by atoms with Crippen molar-refractivity contribution >= 4 is 17.7 Å². The quantitative estimate of drug-likeness (QED) is 0.779. The molecule has 1 amide bonds. The molecule has 0 N–H and O–H groups in total. The van der Waals surface area contributed by atoms with Crippen LogP contribution >= 0.6 is 0 Å². The summed E-state index contributed by atoms with van der Waals surface area (Å²) in [6.07, 6.45) is 0.294. The maximum absolute atomic E-state index is 13.0. The number of amides is 1. The second kappa shape index (κ2) is 8.73. The van der Waals surface area contributed by atoms with Crippen molar-refractivity contribution < 1.29 is 13.9 Å². The van der Waals surface area contributed by atoms with E-state index in [1.54, 1.807) is 12.1 Å². The number of aromatic nitrogens is 2. The minimum Gasteiger partial charge on any atom is -0.378 e. The Morgan fingerprint density at radius 2 is 1.69 bits per heavy atom. The molecule has 3 heterocycles. The van der Waals surface area contributed by atoms with Crippen LogP contribution in [0.25, 0.3) is 0 Å². The van der Waals surface area contributed by atoms with Crippen LogP contribution in [-0.2, 0) is 16.0 Å². The molecule has 2 aliphatic heterocycles. The van der Waals surface area contributed by atoms with Crippen LogP contribution in [0.15, 0.2) is 30.3 Å². The molecule has 8 heteroatoms. The zero-order chi connectivity index (χ0) is 20.2. The van der Waals surface area contributed by atoms with E-state index in [0.29, 0.717) is 45.8 Å². The van der Waals surface area contributed by atoms with Crippen LogP contribution in [0.3, 0.4) is 0 Å². The summed E-state index contributed by atoms with van der Waals surface area (Å²) in [5.41, 5.74) is 1.77. The predicted molar refractivity (Wildman–Crippen MR) is 109 cm³/mol.